The quantitative estimate of drug-likeness (QED) is 0.853. The van der Waals surface area contributed by atoms with Crippen LogP contribution in [0.15, 0.2) is 35.7 Å². The van der Waals surface area contributed by atoms with Crippen molar-refractivity contribution >= 4 is 23.0 Å². The minimum atomic E-state index is -0.527. The van der Waals surface area contributed by atoms with Gasteiger partial charge in [0.1, 0.15) is 17.3 Å². The van der Waals surface area contributed by atoms with Crippen molar-refractivity contribution in [2.75, 3.05) is 5.73 Å². The highest BCUT2D eigenvalue weighted by Gasteiger charge is 2.13. The number of carbonyl (C=O) groups is 1. The number of nitrogen functional groups attached to an aromatic ring is 1. The Morgan fingerprint density at radius 3 is 2.76 bits per heavy atom. The molecule has 0 fully saturated rings. The van der Waals surface area contributed by atoms with E-state index in [2.05, 4.69) is 0 Å². The Morgan fingerprint density at radius 1 is 1.35 bits per heavy atom. The third-order valence-corrected chi connectivity index (χ3v) is 3.11. The molecule has 5 heteroatoms. The fraction of sp³-hybridized carbons (Fsp3) is 0.0833. The minimum absolute atomic E-state index is 0.0944. The molecule has 0 aliphatic carbocycles. The largest absolute Gasteiger partial charge is 0.456 e. The van der Waals surface area contributed by atoms with E-state index >= 15 is 0 Å². The average molecular weight is 251 g/mol. The first-order valence-electron chi connectivity index (χ1n) is 4.92. The number of hydrogen-bond donors (Lipinski definition) is 1. The van der Waals surface area contributed by atoms with Gasteiger partial charge in [-0.15, -0.1) is 11.3 Å². The monoisotopic (exact) mass is 251 g/mol. The molecule has 0 aliphatic heterocycles. The molecule has 1 heterocycles. The third kappa shape index (κ3) is 2.62. The lowest BCUT2D eigenvalue weighted by atomic mass is 10.2. The van der Waals surface area contributed by atoms with Gasteiger partial charge in [-0.25, -0.2) is 9.18 Å². The van der Waals surface area contributed by atoms with Crippen LogP contribution in [0.4, 0.5) is 10.1 Å². The van der Waals surface area contributed by atoms with E-state index < -0.39 is 5.97 Å². The molecule has 2 N–H and O–H groups in total. The third-order valence-electron chi connectivity index (χ3n) is 2.20. The molecule has 2 aromatic rings. The van der Waals surface area contributed by atoms with Crippen LogP contribution in [0, 0.1) is 5.82 Å². The van der Waals surface area contributed by atoms with Crippen LogP contribution >= 0.6 is 11.3 Å². The molecule has 2 rings (SSSR count). The fourth-order valence-electron chi connectivity index (χ4n) is 1.31. The zero-order chi connectivity index (χ0) is 12.3. The number of rotatable bonds is 3. The summed E-state index contributed by atoms with van der Waals surface area (Å²) in [4.78, 5) is 11.9. The van der Waals surface area contributed by atoms with Crippen molar-refractivity contribution in [2.24, 2.45) is 0 Å². The lowest BCUT2D eigenvalue weighted by Gasteiger charge is -2.04. The highest BCUT2D eigenvalue weighted by atomic mass is 32.1. The lowest BCUT2D eigenvalue weighted by Crippen LogP contribution is -2.06. The van der Waals surface area contributed by atoms with Gasteiger partial charge in [0.25, 0.3) is 0 Å². The maximum Gasteiger partial charge on any atom is 0.350 e. The van der Waals surface area contributed by atoms with E-state index in [1.54, 1.807) is 29.6 Å². The zero-order valence-electron chi connectivity index (χ0n) is 8.85. The van der Waals surface area contributed by atoms with Gasteiger partial charge in [0.15, 0.2) is 0 Å². The number of benzene rings is 1. The number of esters is 1. The molecule has 0 unspecified atom stereocenters. The van der Waals surface area contributed by atoms with Crippen LogP contribution in [0.3, 0.4) is 0 Å². The SMILES string of the molecule is Nc1ccsc1C(=O)OCc1ccccc1F. The van der Waals surface area contributed by atoms with Gasteiger partial charge < -0.3 is 10.5 Å². The van der Waals surface area contributed by atoms with E-state index in [1.807, 2.05) is 0 Å². The maximum atomic E-state index is 13.2. The van der Waals surface area contributed by atoms with Gasteiger partial charge in [-0.1, -0.05) is 18.2 Å². The van der Waals surface area contributed by atoms with Crippen LogP contribution < -0.4 is 5.73 Å². The molecule has 0 saturated heterocycles. The summed E-state index contributed by atoms with van der Waals surface area (Å²) < 4.78 is 18.2. The minimum Gasteiger partial charge on any atom is -0.456 e. The molecule has 88 valence electrons. The molecule has 17 heavy (non-hydrogen) atoms. The lowest BCUT2D eigenvalue weighted by molar-refractivity contribution is 0.0476. The van der Waals surface area contributed by atoms with E-state index in [0.717, 1.165) is 0 Å². The summed E-state index contributed by atoms with van der Waals surface area (Å²) in [6.45, 7) is -0.0944. The Kier molecular flexibility index (Phi) is 3.39. The second-order valence-electron chi connectivity index (χ2n) is 3.37. The molecule has 0 spiro atoms. The first-order valence-corrected chi connectivity index (χ1v) is 5.80. The summed E-state index contributed by atoms with van der Waals surface area (Å²) in [6, 6.07) is 7.79. The molecular formula is C12H10FNO2S. The van der Waals surface area contributed by atoms with Crippen LogP contribution in [0.2, 0.25) is 0 Å². The van der Waals surface area contributed by atoms with E-state index in [4.69, 9.17) is 10.5 Å². The van der Waals surface area contributed by atoms with Crippen molar-refractivity contribution in [2.45, 2.75) is 6.61 Å². The maximum absolute atomic E-state index is 13.2. The molecule has 0 atom stereocenters. The molecule has 0 radical (unpaired) electrons. The van der Waals surface area contributed by atoms with Gasteiger partial charge in [0.2, 0.25) is 0 Å². The predicted molar refractivity (Wildman–Crippen MR) is 64.3 cm³/mol. The Balaban J connectivity index is 2.02. The van der Waals surface area contributed by atoms with Crippen LogP contribution in [0.25, 0.3) is 0 Å². The molecule has 0 aliphatic rings. The van der Waals surface area contributed by atoms with Crippen molar-refractivity contribution in [3.05, 3.63) is 52.0 Å². The number of hydrogen-bond acceptors (Lipinski definition) is 4. The number of halogens is 1. The zero-order valence-corrected chi connectivity index (χ0v) is 9.67. The highest BCUT2D eigenvalue weighted by molar-refractivity contribution is 7.12. The molecular weight excluding hydrogens is 241 g/mol. The molecule has 1 aromatic heterocycles. The number of nitrogens with two attached hydrogens (primary N) is 1. The number of anilines is 1. The van der Waals surface area contributed by atoms with Crippen molar-refractivity contribution in [1.82, 2.24) is 0 Å². The Morgan fingerprint density at radius 2 is 2.12 bits per heavy atom. The Labute approximate surface area is 102 Å². The fourth-order valence-corrected chi connectivity index (χ4v) is 2.02. The standard InChI is InChI=1S/C12H10FNO2S/c13-9-4-2-1-3-8(9)7-16-12(15)11-10(14)5-6-17-11/h1-6H,7,14H2. The Hall–Kier alpha value is -1.88. The molecule has 0 saturated carbocycles. The molecule has 0 amide bonds. The second-order valence-corrected chi connectivity index (χ2v) is 4.29. The molecule has 0 bridgehead atoms. The summed E-state index contributed by atoms with van der Waals surface area (Å²) in [5, 5.41) is 1.70. The average Bonchev–Trinajstić information content (AvgIpc) is 2.74. The summed E-state index contributed by atoms with van der Waals surface area (Å²) >= 11 is 1.20. The van der Waals surface area contributed by atoms with Gasteiger partial charge >= 0.3 is 5.97 Å². The van der Waals surface area contributed by atoms with Gasteiger partial charge in [0, 0.05) is 5.56 Å². The summed E-state index contributed by atoms with van der Waals surface area (Å²) in [6.07, 6.45) is 0. The van der Waals surface area contributed by atoms with Gasteiger partial charge in [-0.3, -0.25) is 0 Å². The highest BCUT2D eigenvalue weighted by Crippen LogP contribution is 2.20. The first-order chi connectivity index (χ1) is 8.18. The van der Waals surface area contributed by atoms with E-state index in [9.17, 15) is 9.18 Å². The van der Waals surface area contributed by atoms with Crippen LogP contribution in [-0.4, -0.2) is 5.97 Å². The summed E-state index contributed by atoms with van der Waals surface area (Å²) in [5.74, 6) is -0.916. The van der Waals surface area contributed by atoms with Crippen molar-refractivity contribution in [3.8, 4) is 0 Å². The summed E-state index contributed by atoms with van der Waals surface area (Å²) in [5.41, 5.74) is 6.30. The van der Waals surface area contributed by atoms with E-state index in [1.165, 1.54) is 17.4 Å². The van der Waals surface area contributed by atoms with Crippen LogP contribution in [-0.2, 0) is 11.3 Å². The number of carbonyl (C=O) groups excluding carboxylic acids is 1. The van der Waals surface area contributed by atoms with Crippen LogP contribution in [0.1, 0.15) is 15.2 Å². The van der Waals surface area contributed by atoms with Crippen LogP contribution in [0.5, 0.6) is 0 Å². The topological polar surface area (TPSA) is 52.3 Å². The number of ether oxygens (including phenoxy) is 1. The van der Waals surface area contributed by atoms with Crippen molar-refractivity contribution in [3.63, 3.8) is 0 Å². The molecule has 1 aromatic carbocycles. The smallest absolute Gasteiger partial charge is 0.350 e. The van der Waals surface area contributed by atoms with E-state index in [0.29, 0.717) is 16.1 Å². The van der Waals surface area contributed by atoms with Gasteiger partial charge in [-0.2, -0.15) is 0 Å². The molecule has 3 nitrogen and oxygen atoms in total. The second kappa shape index (κ2) is 4.97. The van der Waals surface area contributed by atoms with Crippen molar-refractivity contribution in [1.29, 1.82) is 0 Å². The van der Waals surface area contributed by atoms with E-state index in [-0.39, 0.29) is 12.4 Å². The first kappa shape index (κ1) is 11.6. The summed E-state index contributed by atoms with van der Waals surface area (Å²) in [7, 11) is 0. The number of thiophene rings is 1. The Bertz CT molecular complexity index is 539. The van der Waals surface area contributed by atoms with Gasteiger partial charge in [-0.05, 0) is 17.5 Å². The van der Waals surface area contributed by atoms with Gasteiger partial charge in [0.05, 0.1) is 5.69 Å². The van der Waals surface area contributed by atoms with Crippen molar-refractivity contribution < 1.29 is 13.9 Å². The predicted octanol–water partition coefficient (Wildman–Crippen LogP) is 2.83. The normalized spacial score (nSPS) is 10.2.